The van der Waals surface area contributed by atoms with Gasteiger partial charge in [0.25, 0.3) is 0 Å². The van der Waals surface area contributed by atoms with E-state index in [0.717, 1.165) is 5.56 Å². The molecule has 2 N–H and O–H groups in total. The Balaban J connectivity index is 0.00000180. The maximum absolute atomic E-state index is 13.3. The SMILES string of the molecule is Cl.OC(CNCc1ccccc1F)c1ccccc1. The fourth-order valence-corrected chi connectivity index (χ4v) is 1.78. The molecule has 0 amide bonds. The van der Waals surface area contributed by atoms with E-state index in [9.17, 15) is 9.50 Å². The number of hydrogen-bond acceptors (Lipinski definition) is 2. The van der Waals surface area contributed by atoms with Crippen LogP contribution in [0.2, 0.25) is 0 Å². The Labute approximate surface area is 118 Å². The Kier molecular flexibility index (Phi) is 6.50. The van der Waals surface area contributed by atoms with Crippen molar-refractivity contribution in [2.45, 2.75) is 12.6 Å². The van der Waals surface area contributed by atoms with E-state index in [2.05, 4.69) is 5.32 Å². The van der Waals surface area contributed by atoms with Gasteiger partial charge in [0.1, 0.15) is 5.82 Å². The maximum atomic E-state index is 13.3. The Morgan fingerprint density at radius 3 is 2.32 bits per heavy atom. The molecule has 0 heterocycles. The van der Waals surface area contributed by atoms with E-state index in [4.69, 9.17) is 0 Å². The third-order valence-electron chi connectivity index (χ3n) is 2.80. The minimum absolute atomic E-state index is 0. The second-order valence-electron chi connectivity index (χ2n) is 4.15. The van der Waals surface area contributed by atoms with Gasteiger partial charge in [0, 0.05) is 18.7 Å². The highest BCUT2D eigenvalue weighted by Crippen LogP contribution is 2.11. The van der Waals surface area contributed by atoms with Crippen LogP contribution in [0.4, 0.5) is 4.39 Å². The summed E-state index contributed by atoms with van der Waals surface area (Å²) < 4.78 is 13.3. The van der Waals surface area contributed by atoms with Gasteiger partial charge in [-0.25, -0.2) is 4.39 Å². The lowest BCUT2D eigenvalue weighted by Crippen LogP contribution is -2.21. The van der Waals surface area contributed by atoms with E-state index in [1.807, 2.05) is 30.3 Å². The quantitative estimate of drug-likeness (QED) is 0.883. The first-order chi connectivity index (χ1) is 8.77. The van der Waals surface area contributed by atoms with Crippen molar-refractivity contribution < 1.29 is 9.50 Å². The van der Waals surface area contributed by atoms with Crippen LogP contribution >= 0.6 is 12.4 Å². The zero-order valence-electron chi connectivity index (χ0n) is 10.4. The molecule has 0 radical (unpaired) electrons. The van der Waals surface area contributed by atoms with Crippen LogP contribution in [0.3, 0.4) is 0 Å². The van der Waals surface area contributed by atoms with Crippen LogP contribution in [0.25, 0.3) is 0 Å². The first kappa shape index (κ1) is 15.6. The van der Waals surface area contributed by atoms with E-state index in [1.54, 1.807) is 18.2 Å². The molecule has 0 aliphatic heterocycles. The van der Waals surface area contributed by atoms with Gasteiger partial charge in [-0.2, -0.15) is 0 Å². The number of halogens is 2. The number of hydrogen-bond donors (Lipinski definition) is 2. The Morgan fingerprint density at radius 1 is 1.00 bits per heavy atom. The standard InChI is InChI=1S/C15H16FNO.ClH/c16-14-9-5-4-8-13(14)10-17-11-15(18)12-6-2-1-3-7-12;/h1-9,15,17-18H,10-11H2;1H. The fraction of sp³-hybridized carbons (Fsp3) is 0.200. The van der Waals surface area contributed by atoms with Gasteiger partial charge in [-0.1, -0.05) is 48.5 Å². The summed E-state index contributed by atoms with van der Waals surface area (Å²) >= 11 is 0. The Bertz CT molecular complexity index is 493. The number of rotatable bonds is 5. The van der Waals surface area contributed by atoms with Crippen LogP contribution in [-0.2, 0) is 6.54 Å². The molecular formula is C15H17ClFNO. The largest absolute Gasteiger partial charge is 0.387 e. The van der Waals surface area contributed by atoms with Gasteiger partial charge in [-0.05, 0) is 11.6 Å². The first-order valence-electron chi connectivity index (χ1n) is 5.94. The van der Waals surface area contributed by atoms with Crippen molar-refractivity contribution in [1.29, 1.82) is 0 Å². The summed E-state index contributed by atoms with van der Waals surface area (Å²) in [6.45, 7) is 0.814. The lowest BCUT2D eigenvalue weighted by atomic mass is 10.1. The zero-order chi connectivity index (χ0) is 12.8. The van der Waals surface area contributed by atoms with Crippen LogP contribution in [-0.4, -0.2) is 11.7 Å². The van der Waals surface area contributed by atoms with Crippen molar-refractivity contribution in [3.8, 4) is 0 Å². The molecule has 1 unspecified atom stereocenters. The molecule has 102 valence electrons. The van der Waals surface area contributed by atoms with E-state index in [0.29, 0.717) is 18.7 Å². The summed E-state index contributed by atoms with van der Waals surface area (Å²) in [5, 5.41) is 13.0. The van der Waals surface area contributed by atoms with Crippen molar-refractivity contribution in [2.75, 3.05) is 6.54 Å². The molecule has 0 saturated heterocycles. The molecule has 2 rings (SSSR count). The van der Waals surface area contributed by atoms with E-state index in [-0.39, 0.29) is 18.2 Å². The molecule has 0 spiro atoms. The maximum Gasteiger partial charge on any atom is 0.127 e. The van der Waals surface area contributed by atoms with Crippen LogP contribution in [0.1, 0.15) is 17.2 Å². The molecule has 4 heteroatoms. The van der Waals surface area contributed by atoms with Gasteiger partial charge in [-0.3, -0.25) is 0 Å². The summed E-state index contributed by atoms with van der Waals surface area (Å²) in [6, 6.07) is 16.0. The normalized spacial score (nSPS) is 11.7. The molecule has 2 aromatic carbocycles. The van der Waals surface area contributed by atoms with Crippen molar-refractivity contribution in [3.63, 3.8) is 0 Å². The molecular weight excluding hydrogens is 265 g/mol. The van der Waals surface area contributed by atoms with Gasteiger partial charge in [0.05, 0.1) is 6.10 Å². The fourth-order valence-electron chi connectivity index (χ4n) is 1.78. The minimum atomic E-state index is -0.571. The van der Waals surface area contributed by atoms with Crippen molar-refractivity contribution in [1.82, 2.24) is 5.32 Å². The van der Waals surface area contributed by atoms with E-state index in [1.165, 1.54) is 6.07 Å². The summed E-state index contributed by atoms with van der Waals surface area (Å²) in [5.74, 6) is -0.223. The highest BCUT2D eigenvalue weighted by Gasteiger charge is 2.06. The van der Waals surface area contributed by atoms with Gasteiger partial charge >= 0.3 is 0 Å². The Hall–Kier alpha value is -1.42. The van der Waals surface area contributed by atoms with Crippen molar-refractivity contribution in [2.24, 2.45) is 0 Å². The second kappa shape index (κ2) is 7.89. The Morgan fingerprint density at radius 2 is 1.63 bits per heavy atom. The zero-order valence-corrected chi connectivity index (χ0v) is 11.2. The monoisotopic (exact) mass is 281 g/mol. The molecule has 0 aliphatic carbocycles. The van der Waals surface area contributed by atoms with Crippen LogP contribution < -0.4 is 5.32 Å². The van der Waals surface area contributed by atoms with Crippen LogP contribution in [0, 0.1) is 5.82 Å². The molecule has 2 nitrogen and oxygen atoms in total. The molecule has 0 bridgehead atoms. The molecule has 2 aromatic rings. The van der Waals surface area contributed by atoms with Crippen LogP contribution in [0.15, 0.2) is 54.6 Å². The first-order valence-corrected chi connectivity index (χ1v) is 5.94. The lowest BCUT2D eigenvalue weighted by Gasteiger charge is -2.12. The number of benzene rings is 2. The van der Waals surface area contributed by atoms with Gasteiger partial charge < -0.3 is 10.4 Å². The molecule has 0 fully saturated rings. The van der Waals surface area contributed by atoms with Gasteiger partial charge in [-0.15, -0.1) is 12.4 Å². The minimum Gasteiger partial charge on any atom is -0.387 e. The number of aliphatic hydroxyl groups is 1. The molecule has 19 heavy (non-hydrogen) atoms. The highest BCUT2D eigenvalue weighted by atomic mass is 35.5. The molecule has 1 atom stereocenters. The topological polar surface area (TPSA) is 32.3 Å². The summed E-state index contributed by atoms with van der Waals surface area (Å²) in [4.78, 5) is 0. The third kappa shape index (κ3) is 4.63. The third-order valence-corrected chi connectivity index (χ3v) is 2.80. The predicted molar refractivity (Wildman–Crippen MR) is 76.8 cm³/mol. The van der Waals surface area contributed by atoms with Crippen LogP contribution in [0.5, 0.6) is 0 Å². The highest BCUT2D eigenvalue weighted by molar-refractivity contribution is 5.85. The second-order valence-corrected chi connectivity index (χ2v) is 4.15. The predicted octanol–water partition coefficient (Wildman–Crippen LogP) is 3.07. The van der Waals surface area contributed by atoms with Crippen molar-refractivity contribution >= 4 is 12.4 Å². The molecule has 0 saturated carbocycles. The average Bonchev–Trinajstić information content (AvgIpc) is 2.42. The average molecular weight is 282 g/mol. The number of nitrogens with one attached hydrogen (secondary N) is 1. The smallest absolute Gasteiger partial charge is 0.127 e. The van der Waals surface area contributed by atoms with Crippen molar-refractivity contribution in [3.05, 3.63) is 71.5 Å². The lowest BCUT2D eigenvalue weighted by molar-refractivity contribution is 0.174. The van der Waals surface area contributed by atoms with Gasteiger partial charge in [0.2, 0.25) is 0 Å². The summed E-state index contributed by atoms with van der Waals surface area (Å²) in [6.07, 6.45) is -0.571. The van der Waals surface area contributed by atoms with E-state index >= 15 is 0 Å². The summed E-state index contributed by atoms with van der Waals surface area (Å²) in [7, 11) is 0. The summed E-state index contributed by atoms with van der Waals surface area (Å²) in [5.41, 5.74) is 1.47. The number of aliphatic hydroxyl groups excluding tert-OH is 1. The van der Waals surface area contributed by atoms with Gasteiger partial charge in [0.15, 0.2) is 0 Å². The molecule has 0 aromatic heterocycles. The molecule has 0 aliphatic rings. The van der Waals surface area contributed by atoms with E-state index < -0.39 is 6.10 Å².